The number of allylic oxidation sites excluding steroid dienone is 1. The van der Waals surface area contributed by atoms with Gasteiger partial charge >= 0.3 is 12.0 Å². The van der Waals surface area contributed by atoms with Crippen molar-refractivity contribution in [1.82, 2.24) is 10.6 Å². The number of halogens is 1. The highest BCUT2D eigenvalue weighted by Crippen LogP contribution is 2.34. The van der Waals surface area contributed by atoms with Crippen molar-refractivity contribution in [3.05, 3.63) is 39.5 Å². The fourth-order valence-corrected chi connectivity index (χ4v) is 3.25. The Balaban J connectivity index is 2.47. The average Bonchev–Trinajstić information content (AvgIpc) is 2.56. The van der Waals surface area contributed by atoms with Gasteiger partial charge in [0.1, 0.15) is 5.75 Å². The predicted octanol–water partition coefficient (Wildman–Crippen LogP) is 3.82. The molecule has 0 saturated carbocycles. The van der Waals surface area contributed by atoms with Crippen LogP contribution in [-0.2, 0) is 9.53 Å². The van der Waals surface area contributed by atoms with Crippen molar-refractivity contribution < 1.29 is 19.1 Å². The summed E-state index contributed by atoms with van der Waals surface area (Å²) in [4.78, 5) is 24.6. The maximum atomic E-state index is 12.5. The SMILES string of the molecule is CCCC1=C(C(=O)OCC)C(c2ccc(OCC)c(Br)c2)NC(=O)N1. The lowest BCUT2D eigenvalue weighted by atomic mass is 9.94. The van der Waals surface area contributed by atoms with Crippen LogP contribution in [0.25, 0.3) is 0 Å². The number of esters is 1. The van der Waals surface area contributed by atoms with E-state index in [0.29, 0.717) is 30.0 Å². The number of carbonyl (C=O) groups is 2. The normalized spacial score (nSPS) is 17.0. The van der Waals surface area contributed by atoms with Crippen LogP contribution in [0.2, 0.25) is 0 Å². The Morgan fingerprint density at radius 2 is 2.00 bits per heavy atom. The Morgan fingerprint density at radius 1 is 1.24 bits per heavy atom. The quantitative estimate of drug-likeness (QED) is 0.669. The number of ether oxygens (including phenoxy) is 2. The maximum Gasteiger partial charge on any atom is 0.338 e. The summed E-state index contributed by atoms with van der Waals surface area (Å²) in [5, 5.41) is 5.56. The lowest BCUT2D eigenvalue weighted by Gasteiger charge is -2.29. The molecule has 1 aliphatic rings. The van der Waals surface area contributed by atoms with E-state index < -0.39 is 12.0 Å². The molecular weight excluding hydrogens is 388 g/mol. The van der Waals surface area contributed by atoms with Gasteiger partial charge in [0.2, 0.25) is 0 Å². The van der Waals surface area contributed by atoms with E-state index in [1.165, 1.54) is 0 Å². The molecule has 2 rings (SSSR count). The Hall–Kier alpha value is -2.02. The lowest BCUT2D eigenvalue weighted by molar-refractivity contribution is -0.139. The van der Waals surface area contributed by atoms with E-state index in [0.717, 1.165) is 16.5 Å². The number of amides is 2. The zero-order valence-electron chi connectivity index (χ0n) is 14.6. The van der Waals surface area contributed by atoms with Gasteiger partial charge in [0.05, 0.1) is 29.3 Å². The molecule has 1 heterocycles. The summed E-state index contributed by atoms with van der Waals surface area (Å²) in [7, 11) is 0. The van der Waals surface area contributed by atoms with Gasteiger partial charge in [-0.05, 0) is 53.9 Å². The highest BCUT2D eigenvalue weighted by Gasteiger charge is 2.33. The van der Waals surface area contributed by atoms with E-state index in [2.05, 4.69) is 26.6 Å². The summed E-state index contributed by atoms with van der Waals surface area (Å²) < 4.78 is 11.5. The van der Waals surface area contributed by atoms with Crippen LogP contribution in [0.5, 0.6) is 5.75 Å². The number of carbonyl (C=O) groups excluding carboxylic acids is 2. The van der Waals surface area contributed by atoms with E-state index in [-0.39, 0.29) is 12.6 Å². The smallest absolute Gasteiger partial charge is 0.338 e. The first-order valence-electron chi connectivity index (χ1n) is 8.41. The molecule has 0 radical (unpaired) electrons. The highest BCUT2D eigenvalue weighted by molar-refractivity contribution is 9.10. The Bertz CT molecular complexity index is 688. The molecule has 1 aromatic rings. The Labute approximate surface area is 156 Å². The molecule has 25 heavy (non-hydrogen) atoms. The molecule has 2 N–H and O–H groups in total. The van der Waals surface area contributed by atoms with Crippen molar-refractivity contribution in [2.75, 3.05) is 13.2 Å². The summed E-state index contributed by atoms with van der Waals surface area (Å²) >= 11 is 3.48. The molecule has 0 aromatic heterocycles. The minimum Gasteiger partial charge on any atom is -0.493 e. The Kier molecular flexibility index (Phi) is 6.87. The predicted molar refractivity (Wildman–Crippen MR) is 98.3 cm³/mol. The number of hydrogen-bond donors (Lipinski definition) is 2. The zero-order chi connectivity index (χ0) is 18.4. The number of urea groups is 1. The topological polar surface area (TPSA) is 76.7 Å². The van der Waals surface area contributed by atoms with Crippen LogP contribution in [0.15, 0.2) is 33.9 Å². The second-order valence-corrected chi connectivity index (χ2v) is 6.37. The van der Waals surface area contributed by atoms with Crippen molar-refractivity contribution in [3.63, 3.8) is 0 Å². The van der Waals surface area contributed by atoms with Crippen LogP contribution in [0.4, 0.5) is 4.79 Å². The zero-order valence-corrected chi connectivity index (χ0v) is 16.2. The minimum absolute atomic E-state index is 0.273. The van der Waals surface area contributed by atoms with Gasteiger partial charge in [0.25, 0.3) is 0 Å². The molecule has 0 bridgehead atoms. The van der Waals surface area contributed by atoms with Gasteiger partial charge in [-0.25, -0.2) is 9.59 Å². The van der Waals surface area contributed by atoms with E-state index >= 15 is 0 Å². The van der Waals surface area contributed by atoms with Gasteiger partial charge in [0, 0.05) is 5.70 Å². The van der Waals surface area contributed by atoms with Crippen LogP contribution in [-0.4, -0.2) is 25.2 Å². The molecule has 1 aromatic carbocycles. The summed E-state index contributed by atoms with van der Waals surface area (Å²) in [6.45, 7) is 6.49. The third-order valence-corrected chi connectivity index (χ3v) is 4.36. The third kappa shape index (κ3) is 4.54. The molecule has 0 saturated heterocycles. The van der Waals surface area contributed by atoms with Gasteiger partial charge < -0.3 is 20.1 Å². The van der Waals surface area contributed by atoms with Crippen LogP contribution in [0.1, 0.15) is 45.2 Å². The summed E-state index contributed by atoms with van der Waals surface area (Å²) in [5.41, 5.74) is 1.83. The molecule has 0 aliphatic carbocycles. The second-order valence-electron chi connectivity index (χ2n) is 5.52. The van der Waals surface area contributed by atoms with E-state index in [1.807, 2.05) is 32.0 Å². The highest BCUT2D eigenvalue weighted by atomic mass is 79.9. The van der Waals surface area contributed by atoms with Crippen molar-refractivity contribution in [2.24, 2.45) is 0 Å². The van der Waals surface area contributed by atoms with Gasteiger partial charge in [-0.3, -0.25) is 0 Å². The van der Waals surface area contributed by atoms with Crippen molar-refractivity contribution in [1.29, 1.82) is 0 Å². The fraction of sp³-hybridized carbons (Fsp3) is 0.444. The first-order chi connectivity index (χ1) is 12.0. The number of benzene rings is 1. The maximum absolute atomic E-state index is 12.5. The van der Waals surface area contributed by atoms with Gasteiger partial charge in [-0.1, -0.05) is 19.4 Å². The number of rotatable bonds is 7. The van der Waals surface area contributed by atoms with Gasteiger partial charge in [0.15, 0.2) is 0 Å². The number of nitrogens with one attached hydrogen (secondary N) is 2. The molecule has 1 aliphatic heterocycles. The lowest BCUT2D eigenvalue weighted by Crippen LogP contribution is -2.46. The van der Waals surface area contributed by atoms with E-state index in [9.17, 15) is 9.59 Å². The van der Waals surface area contributed by atoms with Crippen LogP contribution < -0.4 is 15.4 Å². The largest absolute Gasteiger partial charge is 0.493 e. The third-order valence-electron chi connectivity index (χ3n) is 3.74. The van der Waals surface area contributed by atoms with Crippen molar-refractivity contribution in [2.45, 2.75) is 39.7 Å². The summed E-state index contributed by atoms with van der Waals surface area (Å²) in [6.07, 6.45) is 1.40. The summed E-state index contributed by atoms with van der Waals surface area (Å²) in [6, 6.07) is 4.62. The first kappa shape index (κ1) is 19.3. The van der Waals surface area contributed by atoms with Crippen LogP contribution in [0, 0.1) is 0 Å². The number of hydrogen-bond acceptors (Lipinski definition) is 4. The van der Waals surface area contributed by atoms with Crippen LogP contribution >= 0.6 is 15.9 Å². The molecule has 2 amide bonds. The molecule has 1 atom stereocenters. The summed E-state index contributed by atoms with van der Waals surface area (Å²) in [5.74, 6) is 0.287. The standard InChI is InChI=1S/C18H23BrN2O4/c1-4-7-13-15(17(22)25-6-3)16(21-18(23)20-13)11-8-9-14(24-5-2)12(19)10-11/h8-10,16H,4-7H2,1-3H3,(H2,20,21,23). The molecule has 0 spiro atoms. The van der Waals surface area contributed by atoms with Crippen LogP contribution in [0.3, 0.4) is 0 Å². The van der Waals surface area contributed by atoms with Gasteiger partial charge in [-0.2, -0.15) is 0 Å². The fourth-order valence-electron chi connectivity index (χ4n) is 2.73. The Morgan fingerprint density at radius 3 is 2.60 bits per heavy atom. The molecular formula is C18H23BrN2O4. The van der Waals surface area contributed by atoms with E-state index in [1.54, 1.807) is 6.92 Å². The minimum atomic E-state index is -0.568. The monoisotopic (exact) mass is 410 g/mol. The second kappa shape index (κ2) is 8.89. The molecule has 1 unspecified atom stereocenters. The average molecular weight is 411 g/mol. The molecule has 136 valence electrons. The van der Waals surface area contributed by atoms with Crippen molar-refractivity contribution >= 4 is 27.9 Å². The first-order valence-corrected chi connectivity index (χ1v) is 9.20. The molecule has 0 fully saturated rings. The molecule has 7 heteroatoms. The van der Waals surface area contributed by atoms with Crippen molar-refractivity contribution in [3.8, 4) is 5.75 Å². The van der Waals surface area contributed by atoms with Gasteiger partial charge in [-0.15, -0.1) is 0 Å². The molecule has 6 nitrogen and oxygen atoms in total. The van der Waals surface area contributed by atoms with E-state index in [4.69, 9.17) is 9.47 Å².